The van der Waals surface area contributed by atoms with Gasteiger partial charge in [0.25, 0.3) is 0 Å². The quantitative estimate of drug-likeness (QED) is 0.0138. The number of aldehydes is 2. The van der Waals surface area contributed by atoms with E-state index in [2.05, 4.69) is 41.4 Å². The summed E-state index contributed by atoms with van der Waals surface area (Å²) in [6, 6.07) is 25.8. The summed E-state index contributed by atoms with van der Waals surface area (Å²) in [5.41, 5.74) is 4.22. The van der Waals surface area contributed by atoms with Gasteiger partial charge in [0.15, 0.2) is 17.3 Å². The number of terminal acetylenes is 3. The van der Waals surface area contributed by atoms with Gasteiger partial charge in [0.05, 0.1) is 124 Å². The predicted molar refractivity (Wildman–Crippen MR) is 357 cm³/mol. The van der Waals surface area contributed by atoms with Gasteiger partial charge < -0.3 is 67.1 Å². The number of aliphatic hydroxyl groups is 1. The molecule has 0 amide bonds. The van der Waals surface area contributed by atoms with Gasteiger partial charge >= 0.3 is 5.97 Å². The summed E-state index contributed by atoms with van der Waals surface area (Å²) < 4.78 is 63.6. The molecule has 4 aromatic carbocycles. The third-order valence-corrected chi connectivity index (χ3v) is 12.2. The van der Waals surface area contributed by atoms with Crippen LogP contribution in [0.2, 0.25) is 0 Å². The molecular formula is C74H90O21. The first kappa shape index (κ1) is 84.7. The van der Waals surface area contributed by atoms with Gasteiger partial charge in [-0.2, -0.15) is 0 Å². The van der Waals surface area contributed by atoms with Gasteiger partial charge in [-0.05, 0) is 68.9 Å². The maximum atomic E-state index is 12.2. The lowest BCUT2D eigenvalue weighted by Gasteiger charge is -2.07. The molecule has 0 spiro atoms. The summed E-state index contributed by atoms with van der Waals surface area (Å²) in [4.78, 5) is 78.9. The third-order valence-electron chi connectivity index (χ3n) is 12.2. The molecule has 1 unspecified atom stereocenters. The van der Waals surface area contributed by atoms with E-state index in [0.29, 0.717) is 242 Å². The molecule has 0 aliphatic rings. The topological polar surface area (TPSA) is 271 Å². The van der Waals surface area contributed by atoms with Crippen LogP contribution in [0.3, 0.4) is 0 Å². The van der Waals surface area contributed by atoms with E-state index < -0.39 is 12.1 Å². The highest BCUT2D eigenvalue weighted by atomic mass is 16.6. The largest absolute Gasteiger partial charge is 0.478 e. The minimum atomic E-state index is -0.984. The third kappa shape index (κ3) is 46.4. The Kier molecular flexibility index (Phi) is 54.0. The second kappa shape index (κ2) is 60.6. The normalized spacial score (nSPS) is 10.4. The molecule has 0 aliphatic carbocycles. The molecule has 0 heterocycles. The highest BCUT2D eigenvalue weighted by Crippen LogP contribution is 2.15. The molecule has 0 bridgehead atoms. The van der Waals surface area contributed by atoms with Crippen LogP contribution in [0.15, 0.2) is 97.1 Å². The molecule has 0 aliphatic heterocycles. The second-order valence-corrected chi connectivity index (χ2v) is 19.3. The standard InChI is InChI=1S/C23H30O6.C23H28O6.C20H26O6.C8H6O3/c2*1-3-6-22(24)20-8-10-21(11-9-20)23(25)7-5-13-27-15-17-29-19-18-28-16-14-26-12-4-2;1-2-9-23-11-13-25-15-16-26-14-12-24-10-3-4-20(22)19-7-5-18(17-21)6-8-19;9-5-6-1-3-7(4-2-6)8(10)11/h2,8-11,22,24H,5,7,12-19H2,1H3;2,8-11H,5,7,12-19H2,1H3;1,5-8,17H,3-4,9-16H2;1-5H,(H,10,11). The van der Waals surface area contributed by atoms with Gasteiger partial charge in [-0.15, -0.1) is 25.2 Å². The Morgan fingerprint density at radius 1 is 0.379 bits per heavy atom. The molecule has 95 heavy (non-hydrogen) atoms. The van der Waals surface area contributed by atoms with E-state index in [0.717, 1.165) is 6.29 Å². The number of carbonyl (C=O) groups excluding carboxylic acids is 6. The van der Waals surface area contributed by atoms with E-state index in [-0.39, 0.29) is 28.7 Å². The van der Waals surface area contributed by atoms with Crippen LogP contribution in [0.1, 0.15) is 137 Å². The van der Waals surface area contributed by atoms with Gasteiger partial charge in [-0.25, -0.2) is 4.79 Å². The SMILES string of the molecule is C#CCOCCOCCOCCOCCCC(=O)c1ccc(C(=O)C#CC)cc1.C#CCOCCOCCOCCOCCCC(=O)c1ccc(C(O)C#CC)cc1.C#CCOCCOCCOCCOCCCC(=O)c1ccc(C=O)cc1.O=Cc1ccc(C(=O)O)cc1. The van der Waals surface area contributed by atoms with Crippen molar-refractivity contribution in [1.82, 2.24) is 0 Å². The number of hydrogen-bond acceptors (Lipinski definition) is 20. The molecule has 0 aromatic heterocycles. The number of carbonyl (C=O) groups is 7. The fraction of sp³-hybridized carbons (Fsp3) is 0.446. The summed E-state index contributed by atoms with van der Waals surface area (Å²) in [7, 11) is 0. The van der Waals surface area contributed by atoms with E-state index in [9.17, 15) is 38.7 Å². The van der Waals surface area contributed by atoms with Crippen LogP contribution >= 0.6 is 0 Å². The van der Waals surface area contributed by atoms with Crippen molar-refractivity contribution in [1.29, 1.82) is 0 Å². The number of aromatic carboxylic acids is 1. The van der Waals surface area contributed by atoms with Crippen LogP contribution in [0.25, 0.3) is 0 Å². The first-order chi connectivity index (χ1) is 46.4. The average Bonchev–Trinajstić information content (AvgIpc) is 2.27. The molecule has 0 fully saturated rings. The first-order valence-electron chi connectivity index (χ1n) is 30.8. The summed E-state index contributed by atoms with van der Waals surface area (Å²) >= 11 is 0. The van der Waals surface area contributed by atoms with E-state index in [4.69, 9.17) is 81.2 Å². The van der Waals surface area contributed by atoms with Crippen molar-refractivity contribution in [3.63, 3.8) is 0 Å². The first-order valence-corrected chi connectivity index (χ1v) is 30.8. The molecule has 21 heteroatoms. The monoisotopic (exact) mass is 1310 g/mol. The lowest BCUT2D eigenvalue weighted by atomic mass is 10.0. The van der Waals surface area contributed by atoms with Crippen molar-refractivity contribution in [2.24, 2.45) is 0 Å². The highest BCUT2D eigenvalue weighted by molar-refractivity contribution is 6.09. The molecule has 0 saturated heterocycles. The number of hydrogen-bond donors (Lipinski definition) is 2. The predicted octanol–water partition coefficient (Wildman–Crippen LogP) is 8.32. The molecule has 4 aromatic rings. The van der Waals surface area contributed by atoms with E-state index in [1.807, 2.05) is 0 Å². The Morgan fingerprint density at radius 3 is 0.916 bits per heavy atom. The molecule has 0 saturated carbocycles. The van der Waals surface area contributed by atoms with Crippen molar-refractivity contribution < 1.29 is 101 Å². The van der Waals surface area contributed by atoms with Crippen molar-refractivity contribution in [3.05, 3.63) is 142 Å². The van der Waals surface area contributed by atoms with Gasteiger partial charge in [0.2, 0.25) is 5.78 Å². The summed E-state index contributed by atoms with van der Waals surface area (Å²) in [6.45, 7) is 14.4. The van der Waals surface area contributed by atoms with Crippen LogP contribution in [-0.4, -0.2) is 210 Å². The zero-order valence-electron chi connectivity index (χ0n) is 54.6. The number of ether oxygens (including phenoxy) is 12. The number of rotatable bonds is 50. The van der Waals surface area contributed by atoms with Crippen molar-refractivity contribution in [2.75, 3.05) is 159 Å². The number of aliphatic hydroxyl groups excluding tert-OH is 1. The fourth-order valence-corrected chi connectivity index (χ4v) is 7.33. The number of Topliss-reactive ketones (excluding diaryl/α,β-unsaturated/α-hetero) is 4. The Morgan fingerprint density at radius 2 is 0.642 bits per heavy atom. The lowest BCUT2D eigenvalue weighted by Crippen LogP contribution is -2.12. The number of benzene rings is 4. The molecule has 0 radical (unpaired) electrons. The second-order valence-electron chi connectivity index (χ2n) is 19.3. The van der Waals surface area contributed by atoms with E-state index >= 15 is 0 Å². The molecule has 4 rings (SSSR count). The molecular weight excluding hydrogens is 1220 g/mol. The zero-order chi connectivity index (χ0) is 69.5. The van der Waals surface area contributed by atoms with Crippen LogP contribution < -0.4 is 0 Å². The van der Waals surface area contributed by atoms with Gasteiger partial charge in [-0.1, -0.05) is 102 Å². The Balaban J connectivity index is 0.000000659. The molecule has 21 nitrogen and oxygen atoms in total. The van der Waals surface area contributed by atoms with Crippen molar-refractivity contribution >= 4 is 41.7 Å². The smallest absolute Gasteiger partial charge is 0.335 e. The van der Waals surface area contributed by atoms with Gasteiger partial charge in [0, 0.05) is 72.5 Å². The van der Waals surface area contributed by atoms with Gasteiger partial charge in [0.1, 0.15) is 38.5 Å². The molecule has 512 valence electrons. The highest BCUT2D eigenvalue weighted by Gasteiger charge is 2.11. The zero-order valence-corrected chi connectivity index (χ0v) is 54.6. The summed E-state index contributed by atoms with van der Waals surface area (Å²) in [5.74, 6) is 16.4. The average molecular weight is 1320 g/mol. The Bertz CT molecular complexity index is 2990. The maximum Gasteiger partial charge on any atom is 0.335 e. The number of carboxylic acids is 1. The summed E-state index contributed by atoms with van der Waals surface area (Å²) in [5, 5.41) is 18.3. The van der Waals surface area contributed by atoms with Crippen LogP contribution in [-0.2, 0) is 56.8 Å². The van der Waals surface area contributed by atoms with Gasteiger partial charge in [-0.3, -0.25) is 28.8 Å². The minimum Gasteiger partial charge on any atom is -0.478 e. The minimum absolute atomic E-state index is 0.0220. The number of carboxylic acid groups (broad SMARTS) is 1. The Hall–Kier alpha value is -8.35. The lowest BCUT2D eigenvalue weighted by molar-refractivity contribution is 0.00102. The van der Waals surface area contributed by atoms with Crippen LogP contribution in [0.5, 0.6) is 0 Å². The van der Waals surface area contributed by atoms with E-state index in [1.165, 1.54) is 24.3 Å². The maximum absolute atomic E-state index is 12.2. The number of ketones is 4. The van der Waals surface area contributed by atoms with E-state index in [1.54, 1.807) is 86.6 Å². The van der Waals surface area contributed by atoms with Crippen LogP contribution in [0.4, 0.5) is 0 Å². The Labute approximate surface area is 559 Å². The fourth-order valence-electron chi connectivity index (χ4n) is 7.33. The molecule has 1 atom stereocenters. The van der Waals surface area contributed by atoms with Crippen molar-refractivity contribution in [3.8, 4) is 60.7 Å². The van der Waals surface area contributed by atoms with Crippen molar-refractivity contribution in [2.45, 2.75) is 58.5 Å². The molecule has 2 N–H and O–H groups in total. The summed E-state index contributed by atoms with van der Waals surface area (Å²) in [6.07, 6.45) is 18.9. The van der Waals surface area contributed by atoms with Crippen LogP contribution in [0, 0.1) is 60.7 Å².